The molecule has 0 saturated heterocycles. The van der Waals surface area contributed by atoms with Crippen LogP contribution in [-0.4, -0.2) is 26.5 Å². The number of rotatable bonds is 4. The molecule has 3 aromatic carbocycles. The molecule has 4 rings (SSSR count). The van der Waals surface area contributed by atoms with Crippen molar-refractivity contribution in [2.75, 3.05) is 6.54 Å². The van der Waals surface area contributed by atoms with Crippen LogP contribution in [0.25, 0.3) is 21.8 Å². The largest absolute Gasteiger partial charge is 0.264 e. The first-order valence-electron chi connectivity index (χ1n) is 7.63. The van der Waals surface area contributed by atoms with Gasteiger partial charge in [-0.25, -0.2) is 4.68 Å². The van der Waals surface area contributed by atoms with Gasteiger partial charge in [0, 0.05) is 4.92 Å². The molecule has 0 N–H and O–H groups in total. The van der Waals surface area contributed by atoms with Gasteiger partial charge >= 0.3 is 0 Å². The van der Waals surface area contributed by atoms with Gasteiger partial charge in [0.15, 0.2) is 0 Å². The van der Waals surface area contributed by atoms with Crippen LogP contribution in [0.5, 0.6) is 0 Å². The minimum absolute atomic E-state index is 0.244. The zero-order valence-electron chi connectivity index (χ0n) is 12.7. The first-order valence-corrected chi connectivity index (χ1v) is 7.63. The number of hydrogen-bond acceptors (Lipinski definition) is 4. The second-order valence-electron chi connectivity index (χ2n) is 5.66. The van der Waals surface area contributed by atoms with Crippen LogP contribution >= 0.6 is 0 Å². The lowest BCUT2D eigenvalue weighted by atomic mass is 10.0. The maximum absolute atomic E-state index is 11.2. The summed E-state index contributed by atoms with van der Waals surface area (Å²) in [4.78, 5) is 10.9. The van der Waals surface area contributed by atoms with Crippen molar-refractivity contribution in [2.24, 2.45) is 0 Å². The molecule has 24 heavy (non-hydrogen) atoms. The summed E-state index contributed by atoms with van der Waals surface area (Å²) in [5, 5.41) is 21.7. The van der Waals surface area contributed by atoms with Crippen molar-refractivity contribution in [1.82, 2.24) is 15.0 Å². The van der Waals surface area contributed by atoms with E-state index in [4.69, 9.17) is 0 Å². The fraction of sp³-hybridized carbons (Fsp3) is 0.111. The molecule has 0 spiro atoms. The third kappa shape index (κ3) is 2.48. The first kappa shape index (κ1) is 14.3. The molecule has 0 unspecified atom stereocenters. The van der Waals surface area contributed by atoms with E-state index in [0.29, 0.717) is 0 Å². The smallest absolute Gasteiger partial charge is 0.230 e. The van der Waals surface area contributed by atoms with Crippen LogP contribution in [0.1, 0.15) is 11.6 Å². The number of nitrogens with zero attached hydrogens (tertiary/aromatic N) is 4. The summed E-state index contributed by atoms with van der Waals surface area (Å²) in [7, 11) is 0. The molecule has 0 fully saturated rings. The lowest BCUT2D eigenvalue weighted by molar-refractivity contribution is -0.484. The molecule has 118 valence electrons. The number of benzene rings is 3. The quantitative estimate of drug-likeness (QED) is 0.427. The second-order valence-corrected chi connectivity index (χ2v) is 5.66. The molecule has 0 radical (unpaired) electrons. The average Bonchev–Trinajstić information content (AvgIpc) is 3.03. The Balaban J connectivity index is 1.88. The van der Waals surface area contributed by atoms with Crippen LogP contribution < -0.4 is 0 Å². The van der Waals surface area contributed by atoms with E-state index >= 15 is 0 Å². The number of fused-ring (bicyclic) bond motifs is 2. The molecular formula is C18H14N4O2. The van der Waals surface area contributed by atoms with Crippen LogP contribution in [-0.2, 0) is 0 Å². The summed E-state index contributed by atoms with van der Waals surface area (Å²) in [6.45, 7) is -0.244. The van der Waals surface area contributed by atoms with E-state index in [1.165, 1.54) is 0 Å². The van der Waals surface area contributed by atoms with Gasteiger partial charge in [-0.15, -0.1) is 5.10 Å². The molecule has 0 aliphatic heterocycles. The topological polar surface area (TPSA) is 73.8 Å². The molecule has 1 atom stereocenters. The molecule has 0 aliphatic carbocycles. The number of para-hydroxylation sites is 1. The van der Waals surface area contributed by atoms with Gasteiger partial charge in [-0.05, 0) is 34.5 Å². The van der Waals surface area contributed by atoms with Gasteiger partial charge in [0.25, 0.3) is 0 Å². The minimum Gasteiger partial charge on any atom is -0.264 e. The van der Waals surface area contributed by atoms with Gasteiger partial charge in [-0.1, -0.05) is 53.7 Å². The monoisotopic (exact) mass is 318 g/mol. The fourth-order valence-corrected chi connectivity index (χ4v) is 3.00. The molecule has 0 amide bonds. The SMILES string of the molecule is O=[N+]([O-])C[C@H](c1ccc2ccccc2c1)n1nnc2ccccc21. The molecular weight excluding hydrogens is 304 g/mol. The van der Waals surface area contributed by atoms with E-state index in [1.807, 2.05) is 66.7 Å². The Hall–Kier alpha value is -3.28. The van der Waals surface area contributed by atoms with Crippen LogP contribution in [0.15, 0.2) is 66.7 Å². The van der Waals surface area contributed by atoms with Crippen molar-refractivity contribution in [3.63, 3.8) is 0 Å². The summed E-state index contributed by atoms with van der Waals surface area (Å²) >= 11 is 0. The molecule has 0 aliphatic rings. The van der Waals surface area contributed by atoms with Crippen molar-refractivity contribution >= 4 is 21.8 Å². The zero-order valence-corrected chi connectivity index (χ0v) is 12.7. The average molecular weight is 318 g/mol. The Kier molecular flexibility index (Phi) is 3.42. The summed E-state index contributed by atoms with van der Waals surface area (Å²) in [6.07, 6.45) is 0. The molecule has 1 heterocycles. The molecule has 6 nitrogen and oxygen atoms in total. The normalized spacial score (nSPS) is 12.5. The van der Waals surface area contributed by atoms with E-state index in [0.717, 1.165) is 27.4 Å². The first-order chi connectivity index (χ1) is 11.7. The Morgan fingerprint density at radius 3 is 2.58 bits per heavy atom. The van der Waals surface area contributed by atoms with Crippen LogP contribution in [0.4, 0.5) is 0 Å². The molecule has 4 aromatic rings. The van der Waals surface area contributed by atoms with E-state index in [2.05, 4.69) is 10.3 Å². The standard InChI is InChI=1S/C18H14N4O2/c23-21(24)12-18(22-17-8-4-3-7-16(17)19-20-22)15-10-9-13-5-1-2-6-14(13)11-15/h1-11,18H,12H2/t18-/m1/s1. The van der Waals surface area contributed by atoms with Gasteiger partial charge in [0.05, 0.1) is 5.52 Å². The number of nitro groups is 1. The summed E-state index contributed by atoms with van der Waals surface area (Å²) in [6, 6.07) is 20.8. The predicted molar refractivity (Wildman–Crippen MR) is 91.5 cm³/mol. The number of hydrogen-bond donors (Lipinski definition) is 0. The Morgan fingerprint density at radius 1 is 1.00 bits per heavy atom. The Labute approximate surface area is 137 Å². The second kappa shape index (κ2) is 5.73. The third-order valence-corrected chi connectivity index (χ3v) is 4.15. The third-order valence-electron chi connectivity index (χ3n) is 4.15. The van der Waals surface area contributed by atoms with E-state index in [9.17, 15) is 10.1 Å². The maximum Gasteiger partial charge on any atom is 0.230 e. The summed E-state index contributed by atoms with van der Waals surface area (Å²) < 4.78 is 1.64. The minimum atomic E-state index is -0.503. The van der Waals surface area contributed by atoms with Crippen LogP contribution in [0.3, 0.4) is 0 Å². The van der Waals surface area contributed by atoms with Crippen molar-refractivity contribution in [3.8, 4) is 0 Å². The van der Waals surface area contributed by atoms with E-state index in [-0.39, 0.29) is 11.5 Å². The number of aromatic nitrogens is 3. The van der Waals surface area contributed by atoms with Crippen LogP contribution in [0, 0.1) is 10.1 Å². The fourth-order valence-electron chi connectivity index (χ4n) is 3.00. The molecule has 6 heteroatoms. The molecule has 0 saturated carbocycles. The van der Waals surface area contributed by atoms with Gasteiger partial charge in [-0.3, -0.25) is 10.1 Å². The van der Waals surface area contributed by atoms with Gasteiger partial charge in [-0.2, -0.15) is 0 Å². The van der Waals surface area contributed by atoms with E-state index in [1.54, 1.807) is 4.68 Å². The predicted octanol–water partition coefficient (Wildman–Crippen LogP) is 3.45. The van der Waals surface area contributed by atoms with Crippen molar-refractivity contribution in [3.05, 3.63) is 82.4 Å². The Bertz CT molecular complexity index is 1040. The Morgan fingerprint density at radius 2 is 1.75 bits per heavy atom. The van der Waals surface area contributed by atoms with Crippen molar-refractivity contribution < 1.29 is 4.92 Å². The highest BCUT2D eigenvalue weighted by molar-refractivity contribution is 5.83. The molecule has 0 bridgehead atoms. The van der Waals surface area contributed by atoms with Gasteiger partial charge in [0.1, 0.15) is 11.6 Å². The van der Waals surface area contributed by atoms with Crippen molar-refractivity contribution in [1.29, 1.82) is 0 Å². The lowest BCUT2D eigenvalue weighted by Gasteiger charge is -2.15. The zero-order chi connectivity index (χ0) is 16.5. The summed E-state index contributed by atoms with van der Waals surface area (Å²) in [5.41, 5.74) is 2.37. The molecule has 1 aromatic heterocycles. The highest BCUT2D eigenvalue weighted by atomic mass is 16.6. The van der Waals surface area contributed by atoms with Gasteiger partial charge < -0.3 is 0 Å². The summed E-state index contributed by atoms with van der Waals surface area (Å²) in [5.74, 6) is 0. The maximum atomic E-state index is 11.2. The highest BCUT2D eigenvalue weighted by Gasteiger charge is 2.23. The van der Waals surface area contributed by atoms with Gasteiger partial charge in [0.2, 0.25) is 6.54 Å². The highest BCUT2D eigenvalue weighted by Crippen LogP contribution is 2.25. The van der Waals surface area contributed by atoms with E-state index < -0.39 is 6.04 Å². The lowest BCUT2D eigenvalue weighted by Crippen LogP contribution is -2.21. The van der Waals surface area contributed by atoms with Crippen LogP contribution in [0.2, 0.25) is 0 Å². The van der Waals surface area contributed by atoms with Crippen molar-refractivity contribution in [2.45, 2.75) is 6.04 Å².